The number of hydrogen-bond acceptors (Lipinski definition) is 2. The maximum Gasteiger partial charge on any atom is 0.216 e. The Morgan fingerprint density at radius 1 is 1.13 bits per heavy atom. The molecule has 1 amide bonds. The van der Waals surface area contributed by atoms with Crippen LogP contribution >= 0.6 is 0 Å². The van der Waals surface area contributed by atoms with E-state index in [0.29, 0.717) is 0 Å². The smallest absolute Gasteiger partial charge is 0.216 e. The SMILES string of the molecule is CC.CC.CC(=O)NCCN1CCCC1. The highest BCUT2D eigenvalue weighted by molar-refractivity contribution is 5.72. The van der Waals surface area contributed by atoms with Gasteiger partial charge in [-0.25, -0.2) is 0 Å². The third-order valence-corrected chi connectivity index (χ3v) is 2.00. The van der Waals surface area contributed by atoms with Gasteiger partial charge < -0.3 is 10.2 Å². The quantitative estimate of drug-likeness (QED) is 0.785. The summed E-state index contributed by atoms with van der Waals surface area (Å²) in [6, 6.07) is 0. The number of likely N-dealkylation sites (tertiary alicyclic amines) is 1. The van der Waals surface area contributed by atoms with E-state index in [4.69, 9.17) is 0 Å². The summed E-state index contributed by atoms with van der Waals surface area (Å²) in [5.74, 6) is 0.0733. The lowest BCUT2D eigenvalue weighted by atomic mass is 10.4. The molecule has 1 saturated heterocycles. The molecule has 1 aliphatic heterocycles. The highest BCUT2D eigenvalue weighted by Crippen LogP contribution is 2.05. The Bertz CT molecular complexity index is 132. The lowest BCUT2D eigenvalue weighted by molar-refractivity contribution is -0.119. The van der Waals surface area contributed by atoms with Crippen molar-refractivity contribution in [3.8, 4) is 0 Å². The zero-order chi connectivity index (χ0) is 12.1. The maximum atomic E-state index is 10.5. The maximum absolute atomic E-state index is 10.5. The van der Waals surface area contributed by atoms with Crippen molar-refractivity contribution >= 4 is 5.91 Å². The molecule has 0 aromatic carbocycles. The highest BCUT2D eigenvalue weighted by Gasteiger charge is 2.09. The molecule has 92 valence electrons. The van der Waals surface area contributed by atoms with Crippen LogP contribution in [0.2, 0.25) is 0 Å². The van der Waals surface area contributed by atoms with Crippen LogP contribution in [0.4, 0.5) is 0 Å². The van der Waals surface area contributed by atoms with E-state index < -0.39 is 0 Å². The van der Waals surface area contributed by atoms with Crippen LogP contribution in [0.5, 0.6) is 0 Å². The molecule has 0 aromatic heterocycles. The zero-order valence-corrected chi connectivity index (χ0v) is 11.1. The summed E-state index contributed by atoms with van der Waals surface area (Å²) in [5.41, 5.74) is 0. The normalized spacial score (nSPS) is 14.5. The van der Waals surface area contributed by atoms with Gasteiger partial charge in [0.15, 0.2) is 0 Å². The van der Waals surface area contributed by atoms with Crippen LogP contribution in [-0.4, -0.2) is 37.0 Å². The van der Waals surface area contributed by atoms with Crippen molar-refractivity contribution in [3.63, 3.8) is 0 Å². The van der Waals surface area contributed by atoms with Crippen molar-refractivity contribution in [2.45, 2.75) is 47.5 Å². The fourth-order valence-electron chi connectivity index (χ4n) is 1.40. The molecule has 1 heterocycles. The molecule has 0 atom stereocenters. The van der Waals surface area contributed by atoms with Gasteiger partial charge in [0.2, 0.25) is 5.91 Å². The minimum atomic E-state index is 0.0733. The van der Waals surface area contributed by atoms with E-state index in [1.807, 2.05) is 27.7 Å². The van der Waals surface area contributed by atoms with E-state index in [1.54, 1.807) is 6.92 Å². The Kier molecular flexibility index (Phi) is 15.1. The van der Waals surface area contributed by atoms with Crippen LogP contribution in [-0.2, 0) is 4.79 Å². The van der Waals surface area contributed by atoms with Gasteiger partial charge in [-0.05, 0) is 25.9 Å². The van der Waals surface area contributed by atoms with Crippen LogP contribution in [0, 0.1) is 0 Å². The van der Waals surface area contributed by atoms with Crippen LogP contribution in [0.3, 0.4) is 0 Å². The van der Waals surface area contributed by atoms with E-state index in [9.17, 15) is 4.79 Å². The summed E-state index contributed by atoms with van der Waals surface area (Å²) in [5, 5.41) is 2.79. The molecule has 0 saturated carbocycles. The van der Waals surface area contributed by atoms with Crippen molar-refractivity contribution in [1.29, 1.82) is 0 Å². The summed E-state index contributed by atoms with van der Waals surface area (Å²) in [6.45, 7) is 13.8. The molecule has 15 heavy (non-hydrogen) atoms. The van der Waals surface area contributed by atoms with Crippen molar-refractivity contribution < 1.29 is 4.79 Å². The second-order valence-corrected chi connectivity index (χ2v) is 3.03. The van der Waals surface area contributed by atoms with Gasteiger partial charge in [0.05, 0.1) is 0 Å². The standard InChI is InChI=1S/C8H16N2O.2C2H6/c1-8(11)9-4-7-10-5-2-3-6-10;2*1-2/h2-7H2,1H3,(H,9,11);2*1-2H3. The first kappa shape index (κ1) is 16.8. The molecule has 1 N–H and O–H groups in total. The zero-order valence-electron chi connectivity index (χ0n) is 11.1. The molecule has 0 aliphatic carbocycles. The predicted octanol–water partition coefficient (Wildman–Crippen LogP) is 2.27. The average Bonchev–Trinajstić information content (AvgIpc) is 2.76. The van der Waals surface area contributed by atoms with E-state index >= 15 is 0 Å². The van der Waals surface area contributed by atoms with Gasteiger partial charge in [-0.15, -0.1) is 0 Å². The number of amides is 1. The first-order valence-electron chi connectivity index (χ1n) is 6.26. The summed E-state index contributed by atoms with van der Waals surface area (Å²) in [6.07, 6.45) is 2.64. The fourth-order valence-corrected chi connectivity index (χ4v) is 1.40. The van der Waals surface area contributed by atoms with Gasteiger partial charge in [-0.3, -0.25) is 4.79 Å². The van der Waals surface area contributed by atoms with Crippen molar-refractivity contribution in [3.05, 3.63) is 0 Å². The Morgan fingerprint density at radius 3 is 2.00 bits per heavy atom. The van der Waals surface area contributed by atoms with Crippen LogP contribution in [0.25, 0.3) is 0 Å². The summed E-state index contributed by atoms with van der Waals surface area (Å²) in [7, 11) is 0. The number of carbonyl (C=O) groups is 1. The van der Waals surface area contributed by atoms with E-state index in [2.05, 4.69) is 10.2 Å². The lowest BCUT2D eigenvalue weighted by Crippen LogP contribution is -2.32. The van der Waals surface area contributed by atoms with Gasteiger partial charge in [0, 0.05) is 20.0 Å². The minimum Gasteiger partial charge on any atom is -0.355 e. The average molecular weight is 216 g/mol. The molecular weight excluding hydrogens is 188 g/mol. The molecule has 0 aromatic rings. The molecule has 0 bridgehead atoms. The van der Waals surface area contributed by atoms with Gasteiger partial charge in [0.1, 0.15) is 0 Å². The third-order valence-electron chi connectivity index (χ3n) is 2.00. The second kappa shape index (κ2) is 13.4. The van der Waals surface area contributed by atoms with Gasteiger partial charge in [-0.1, -0.05) is 27.7 Å². The molecule has 3 heteroatoms. The van der Waals surface area contributed by atoms with Crippen molar-refractivity contribution in [2.24, 2.45) is 0 Å². The van der Waals surface area contributed by atoms with Gasteiger partial charge in [-0.2, -0.15) is 0 Å². The second-order valence-electron chi connectivity index (χ2n) is 3.03. The first-order chi connectivity index (χ1) is 7.29. The predicted molar refractivity (Wildman–Crippen MR) is 67.1 cm³/mol. The molecule has 0 spiro atoms. The molecule has 0 radical (unpaired) electrons. The number of hydrogen-bond donors (Lipinski definition) is 1. The molecule has 1 rings (SSSR count). The van der Waals surface area contributed by atoms with Gasteiger partial charge >= 0.3 is 0 Å². The fraction of sp³-hybridized carbons (Fsp3) is 0.917. The summed E-state index contributed by atoms with van der Waals surface area (Å²) >= 11 is 0. The largest absolute Gasteiger partial charge is 0.355 e. The Morgan fingerprint density at radius 2 is 1.60 bits per heavy atom. The monoisotopic (exact) mass is 216 g/mol. The van der Waals surface area contributed by atoms with E-state index in [-0.39, 0.29) is 5.91 Å². The molecular formula is C12H28N2O. The number of carbonyl (C=O) groups excluding carboxylic acids is 1. The minimum absolute atomic E-state index is 0.0733. The number of rotatable bonds is 3. The topological polar surface area (TPSA) is 32.3 Å². The van der Waals surface area contributed by atoms with E-state index in [1.165, 1.54) is 25.9 Å². The van der Waals surface area contributed by atoms with Crippen molar-refractivity contribution in [1.82, 2.24) is 10.2 Å². The van der Waals surface area contributed by atoms with Crippen LogP contribution in [0.1, 0.15) is 47.5 Å². The number of nitrogens with one attached hydrogen (secondary N) is 1. The molecule has 1 aliphatic rings. The Balaban J connectivity index is 0. The Hall–Kier alpha value is -0.570. The van der Waals surface area contributed by atoms with E-state index in [0.717, 1.165) is 13.1 Å². The molecule has 1 fully saturated rings. The van der Waals surface area contributed by atoms with Crippen LogP contribution < -0.4 is 5.32 Å². The van der Waals surface area contributed by atoms with Crippen LogP contribution in [0.15, 0.2) is 0 Å². The lowest BCUT2D eigenvalue weighted by Gasteiger charge is -2.13. The van der Waals surface area contributed by atoms with Gasteiger partial charge in [0.25, 0.3) is 0 Å². The Labute approximate surface area is 95.2 Å². The summed E-state index contributed by atoms with van der Waals surface area (Å²) < 4.78 is 0. The molecule has 0 unspecified atom stereocenters. The van der Waals surface area contributed by atoms with Crippen molar-refractivity contribution in [2.75, 3.05) is 26.2 Å². The molecule has 3 nitrogen and oxygen atoms in total. The third kappa shape index (κ3) is 11.4. The summed E-state index contributed by atoms with van der Waals surface area (Å²) in [4.78, 5) is 12.9. The highest BCUT2D eigenvalue weighted by atomic mass is 16.1. The first-order valence-corrected chi connectivity index (χ1v) is 6.26. The number of nitrogens with zero attached hydrogens (tertiary/aromatic N) is 1.